The Morgan fingerprint density at radius 3 is 2.56 bits per heavy atom. The van der Waals surface area contributed by atoms with E-state index in [1.165, 1.54) is 11.0 Å². The SMILES string of the molecule is Cn1cc(N2C(C3CC3)=CC=C(Nc3cncnc3)C2C(N)=O)c(C(=O)N2CCC(F)(F)C2)n1. The van der Waals surface area contributed by atoms with Crippen LogP contribution < -0.4 is 16.0 Å². The van der Waals surface area contributed by atoms with Gasteiger partial charge in [0.05, 0.1) is 30.3 Å². The molecule has 3 aliphatic rings. The summed E-state index contributed by atoms with van der Waals surface area (Å²) in [5.41, 5.74) is 8.08. The van der Waals surface area contributed by atoms with Crippen LogP contribution in [0.5, 0.6) is 0 Å². The number of allylic oxidation sites excluding steroid dienone is 3. The first-order chi connectivity index (χ1) is 16.2. The lowest BCUT2D eigenvalue weighted by Gasteiger charge is -2.37. The van der Waals surface area contributed by atoms with Crippen molar-refractivity contribution in [1.82, 2.24) is 24.6 Å². The van der Waals surface area contributed by atoms with Crippen LogP contribution >= 0.6 is 0 Å². The highest BCUT2D eigenvalue weighted by atomic mass is 19.3. The molecule has 1 atom stereocenters. The number of rotatable bonds is 6. The minimum absolute atomic E-state index is 0.00212. The smallest absolute Gasteiger partial charge is 0.276 e. The van der Waals surface area contributed by atoms with Crippen LogP contribution in [0, 0.1) is 5.92 Å². The van der Waals surface area contributed by atoms with Crippen LogP contribution in [-0.4, -0.2) is 61.5 Å². The summed E-state index contributed by atoms with van der Waals surface area (Å²) in [6, 6.07) is -0.975. The normalized spacial score (nSPS) is 21.8. The topological polar surface area (TPSA) is 122 Å². The molecule has 2 aromatic heterocycles. The van der Waals surface area contributed by atoms with E-state index in [1.807, 2.05) is 6.08 Å². The van der Waals surface area contributed by atoms with Crippen molar-refractivity contribution >= 4 is 23.2 Å². The van der Waals surface area contributed by atoms with E-state index >= 15 is 0 Å². The molecule has 1 saturated heterocycles. The summed E-state index contributed by atoms with van der Waals surface area (Å²) in [6.45, 7) is -0.722. The molecule has 2 aromatic rings. The Kier molecular flexibility index (Phi) is 5.29. The average molecular weight is 470 g/mol. The van der Waals surface area contributed by atoms with Gasteiger partial charge in [-0.05, 0) is 30.9 Å². The highest BCUT2D eigenvalue weighted by molar-refractivity contribution is 6.00. The molecule has 0 bridgehead atoms. The number of alkyl halides is 2. The minimum atomic E-state index is -2.93. The van der Waals surface area contributed by atoms with E-state index in [0.29, 0.717) is 17.1 Å². The Hall–Kier alpha value is -3.83. The van der Waals surface area contributed by atoms with E-state index in [9.17, 15) is 18.4 Å². The zero-order valence-corrected chi connectivity index (χ0v) is 18.5. The van der Waals surface area contributed by atoms with E-state index in [0.717, 1.165) is 23.4 Å². The van der Waals surface area contributed by atoms with Gasteiger partial charge in [0.25, 0.3) is 11.8 Å². The van der Waals surface area contributed by atoms with Gasteiger partial charge in [-0.1, -0.05) is 0 Å². The van der Waals surface area contributed by atoms with Crippen LogP contribution in [0.1, 0.15) is 29.8 Å². The van der Waals surface area contributed by atoms with Crippen LogP contribution in [-0.2, 0) is 11.8 Å². The van der Waals surface area contributed by atoms with Crippen LogP contribution in [0.15, 0.2) is 48.5 Å². The molecule has 0 spiro atoms. The third kappa shape index (κ3) is 4.11. The fourth-order valence-corrected chi connectivity index (χ4v) is 4.41. The number of hydrogen-bond acceptors (Lipinski definition) is 7. The molecule has 0 aromatic carbocycles. The number of nitrogens with two attached hydrogens (primary N) is 1. The van der Waals surface area contributed by atoms with Gasteiger partial charge in [0.15, 0.2) is 11.7 Å². The summed E-state index contributed by atoms with van der Waals surface area (Å²) in [7, 11) is 1.64. The monoisotopic (exact) mass is 470 g/mol. The van der Waals surface area contributed by atoms with Gasteiger partial charge < -0.3 is 20.9 Å². The van der Waals surface area contributed by atoms with Gasteiger partial charge in [-0.2, -0.15) is 5.10 Å². The molecule has 2 amide bonds. The van der Waals surface area contributed by atoms with Crippen LogP contribution in [0.2, 0.25) is 0 Å². The first-order valence-electron chi connectivity index (χ1n) is 11.0. The molecule has 2 aliphatic heterocycles. The molecule has 12 heteroatoms. The number of aryl methyl sites for hydroxylation is 1. The van der Waals surface area contributed by atoms with E-state index in [-0.39, 0.29) is 18.2 Å². The molecule has 178 valence electrons. The molecule has 34 heavy (non-hydrogen) atoms. The van der Waals surface area contributed by atoms with Gasteiger partial charge in [0.2, 0.25) is 5.91 Å². The van der Waals surface area contributed by atoms with Gasteiger partial charge in [-0.25, -0.2) is 18.7 Å². The maximum Gasteiger partial charge on any atom is 0.276 e. The lowest BCUT2D eigenvalue weighted by atomic mass is 10.0. The summed E-state index contributed by atoms with van der Waals surface area (Å²) < 4.78 is 29.1. The molecular weight excluding hydrogens is 446 g/mol. The van der Waals surface area contributed by atoms with E-state index in [1.54, 1.807) is 36.6 Å². The van der Waals surface area contributed by atoms with Crippen molar-refractivity contribution in [3.63, 3.8) is 0 Å². The number of likely N-dealkylation sites (tertiary alicyclic amines) is 1. The van der Waals surface area contributed by atoms with Crippen molar-refractivity contribution in [2.75, 3.05) is 23.3 Å². The van der Waals surface area contributed by atoms with E-state index in [2.05, 4.69) is 20.4 Å². The highest BCUT2D eigenvalue weighted by Crippen LogP contribution is 2.44. The number of anilines is 2. The number of amides is 2. The predicted octanol–water partition coefficient (Wildman–Crippen LogP) is 1.66. The average Bonchev–Trinajstić information content (AvgIpc) is 3.47. The fourth-order valence-electron chi connectivity index (χ4n) is 4.41. The zero-order chi connectivity index (χ0) is 24.0. The Bertz CT molecular complexity index is 1190. The van der Waals surface area contributed by atoms with Crippen LogP contribution in [0.4, 0.5) is 20.2 Å². The molecule has 1 saturated carbocycles. The Morgan fingerprint density at radius 2 is 1.94 bits per heavy atom. The fraction of sp³-hybridized carbons (Fsp3) is 0.409. The molecule has 1 aliphatic carbocycles. The second-order valence-corrected chi connectivity index (χ2v) is 8.78. The summed E-state index contributed by atoms with van der Waals surface area (Å²) >= 11 is 0. The lowest BCUT2D eigenvalue weighted by molar-refractivity contribution is -0.118. The standard InChI is InChI=1S/C22H24F2N8O2/c1-30-10-17(18(29-30)21(34)31-7-6-22(23,24)11-31)32-16(13-2-3-13)5-4-15(19(32)20(25)33)28-14-8-26-12-27-9-14/h4-5,8-10,12-13,19,28H,2-3,6-7,11H2,1H3,(H2,25,33). The summed E-state index contributed by atoms with van der Waals surface area (Å²) in [5.74, 6) is -3.98. The second kappa shape index (κ2) is 8.19. The number of carbonyl (C=O) groups excluding carboxylic acids is 2. The number of halogens is 2. The number of hydrogen-bond donors (Lipinski definition) is 2. The summed E-state index contributed by atoms with van der Waals surface area (Å²) in [5, 5.41) is 7.44. The number of carbonyl (C=O) groups is 2. The van der Waals surface area contributed by atoms with Crippen molar-refractivity contribution in [2.45, 2.75) is 31.2 Å². The van der Waals surface area contributed by atoms with E-state index in [4.69, 9.17) is 5.73 Å². The van der Waals surface area contributed by atoms with Gasteiger partial charge in [-0.3, -0.25) is 14.3 Å². The first kappa shape index (κ1) is 22.0. The van der Waals surface area contributed by atoms with Crippen molar-refractivity contribution < 1.29 is 18.4 Å². The zero-order valence-electron chi connectivity index (χ0n) is 18.5. The number of aromatic nitrogens is 4. The van der Waals surface area contributed by atoms with Crippen molar-refractivity contribution in [1.29, 1.82) is 0 Å². The lowest BCUT2D eigenvalue weighted by Crippen LogP contribution is -2.49. The Labute approximate surface area is 194 Å². The summed E-state index contributed by atoms with van der Waals surface area (Å²) in [4.78, 5) is 36.8. The Morgan fingerprint density at radius 1 is 1.21 bits per heavy atom. The Balaban J connectivity index is 1.55. The van der Waals surface area contributed by atoms with Crippen molar-refractivity contribution in [2.24, 2.45) is 18.7 Å². The third-order valence-electron chi connectivity index (χ3n) is 6.11. The molecule has 4 heterocycles. The number of nitrogens with zero attached hydrogens (tertiary/aromatic N) is 6. The number of primary amides is 1. The molecule has 1 unspecified atom stereocenters. The third-order valence-corrected chi connectivity index (χ3v) is 6.11. The van der Waals surface area contributed by atoms with Gasteiger partial charge >= 0.3 is 0 Å². The molecule has 3 N–H and O–H groups in total. The van der Waals surface area contributed by atoms with Gasteiger partial charge in [0.1, 0.15) is 6.33 Å². The largest absolute Gasteiger partial charge is 0.368 e. The second-order valence-electron chi connectivity index (χ2n) is 8.78. The van der Waals surface area contributed by atoms with Crippen molar-refractivity contribution in [3.05, 3.63) is 54.2 Å². The minimum Gasteiger partial charge on any atom is -0.368 e. The van der Waals surface area contributed by atoms with Crippen LogP contribution in [0.25, 0.3) is 0 Å². The maximum absolute atomic E-state index is 13.8. The molecule has 5 rings (SSSR count). The van der Waals surface area contributed by atoms with Crippen LogP contribution in [0.3, 0.4) is 0 Å². The highest BCUT2D eigenvalue weighted by Gasteiger charge is 2.44. The predicted molar refractivity (Wildman–Crippen MR) is 119 cm³/mol. The molecular formula is C22H24F2N8O2. The molecule has 2 fully saturated rings. The van der Waals surface area contributed by atoms with Crippen molar-refractivity contribution in [3.8, 4) is 0 Å². The van der Waals surface area contributed by atoms with Gasteiger partial charge in [0, 0.05) is 37.6 Å². The molecule has 0 radical (unpaired) electrons. The number of nitrogens with one attached hydrogen (secondary N) is 1. The quantitative estimate of drug-likeness (QED) is 0.658. The van der Waals surface area contributed by atoms with Gasteiger partial charge in [-0.15, -0.1) is 0 Å². The molecule has 10 nitrogen and oxygen atoms in total. The summed E-state index contributed by atoms with van der Waals surface area (Å²) in [6.07, 6.45) is 11.3. The van der Waals surface area contributed by atoms with E-state index < -0.39 is 36.7 Å². The first-order valence-corrected chi connectivity index (χ1v) is 11.0. The maximum atomic E-state index is 13.8.